The summed E-state index contributed by atoms with van der Waals surface area (Å²) in [5.74, 6) is -0.614. The number of carbonyl (C=O) groups is 1. The molecule has 0 aliphatic carbocycles. The molecule has 0 unspecified atom stereocenters. The van der Waals surface area contributed by atoms with Crippen molar-refractivity contribution >= 4 is 18.0 Å². The van der Waals surface area contributed by atoms with Gasteiger partial charge in [0.15, 0.2) is 0 Å². The maximum Gasteiger partial charge on any atom is 0.416 e. The second kappa shape index (κ2) is 11.5. The van der Waals surface area contributed by atoms with Crippen molar-refractivity contribution in [3.8, 4) is 33.9 Å². The minimum absolute atomic E-state index is 0.103. The van der Waals surface area contributed by atoms with Gasteiger partial charge in [-0.1, -0.05) is 49.4 Å². The fourth-order valence-corrected chi connectivity index (χ4v) is 4.34. The van der Waals surface area contributed by atoms with E-state index in [0.29, 0.717) is 28.3 Å². The zero-order valence-corrected chi connectivity index (χ0v) is 21.0. The average Bonchev–Trinajstić information content (AvgIpc) is 3.26. The van der Waals surface area contributed by atoms with E-state index in [0.717, 1.165) is 12.1 Å². The zero-order chi connectivity index (χ0) is 28.2. The highest BCUT2D eigenvalue weighted by Crippen LogP contribution is 2.39. The number of aromatic nitrogens is 3. The molecule has 0 radical (unpaired) electrons. The van der Waals surface area contributed by atoms with Crippen molar-refractivity contribution in [3.05, 3.63) is 84.6 Å². The highest BCUT2D eigenvalue weighted by molar-refractivity contribution is 5.85. The molecule has 2 atom stereocenters. The molecule has 0 fully saturated rings. The number of nitrogens with zero attached hydrogens (tertiary/aromatic N) is 3. The Labute approximate surface area is 223 Å². The van der Waals surface area contributed by atoms with Crippen LogP contribution in [0.3, 0.4) is 0 Å². The van der Waals surface area contributed by atoms with Crippen LogP contribution in [-0.2, 0) is 11.0 Å². The van der Waals surface area contributed by atoms with Crippen LogP contribution in [-0.4, -0.2) is 36.8 Å². The standard InChI is InChI=1S/C29H27F3N4O3/c1-18(15-25(38)39)14-23(37)11-13-36-27(21-8-5-9-22(16-21)29(30,31)32)26(20-10-12-34-24(33)17-20)35-28(36)19-6-3-2-4-7-19/h2-13,16-18,23,37H,14-15H2,1H3,(H2,33,34)(H,38,39)/b13-11+/t18-,23-/m1/s1. The summed E-state index contributed by atoms with van der Waals surface area (Å²) in [5.41, 5.74) is 7.32. The zero-order valence-electron chi connectivity index (χ0n) is 21.0. The van der Waals surface area contributed by atoms with Crippen LogP contribution >= 0.6 is 0 Å². The van der Waals surface area contributed by atoms with Crippen LogP contribution < -0.4 is 5.73 Å². The smallest absolute Gasteiger partial charge is 0.416 e. The third kappa shape index (κ3) is 6.71. The first-order valence-corrected chi connectivity index (χ1v) is 12.2. The Bertz CT molecular complexity index is 1480. The number of anilines is 1. The second-order valence-corrected chi connectivity index (χ2v) is 9.26. The van der Waals surface area contributed by atoms with Crippen LogP contribution in [0.1, 0.15) is 25.3 Å². The van der Waals surface area contributed by atoms with E-state index in [-0.39, 0.29) is 30.1 Å². The third-order valence-corrected chi connectivity index (χ3v) is 6.09. The Morgan fingerprint density at radius 1 is 1.05 bits per heavy atom. The first-order valence-electron chi connectivity index (χ1n) is 12.2. The number of rotatable bonds is 9. The molecule has 2 aromatic carbocycles. The molecule has 0 bridgehead atoms. The van der Waals surface area contributed by atoms with Gasteiger partial charge in [0, 0.05) is 35.5 Å². The van der Waals surface area contributed by atoms with E-state index in [1.165, 1.54) is 18.3 Å². The number of hydrogen-bond donors (Lipinski definition) is 3. The number of aliphatic hydroxyl groups is 1. The number of hydrogen-bond acceptors (Lipinski definition) is 5. The monoisotopic (exact) mass is 536 g/mol. The molecule has 0 saturated heterocycles. The number of aliphatic carboxylic acids is 1. The van der Waals surface area contributed by atoms with Crippen molar-refractivity contribution in [3.63, 3.8) is 0 Å². The van der Waals surface area contributed by atoms with E-state index in [9.17, 15) is 23.1 Å². The molecule has 0 aliphatic rings. The Morgan fingerprint density at radius 2 is 1.77 bits per heavy atom. The molecular formula is C29H27F3N4O3. The molecule has 7 nitrogen and oxygen atoms in total. The molecule has 4 rings (SSSR count). The summed E-state index contributed by atoms with van der Waals surface area (Å²) in [6.07, 6.45) is -0.952. The average molecular weight is 537 g/mol. The van der Waals surface area contributed by atoms with Crippen molar-refractivity contribution in [2.45, 2.75) is 32.0 Å². The summed E-state index contributed by atoms with van der Waals surface area (Å²) in [6.45, 7) is 1.72. The number of imidazole rings is 1. The van der Waals surface area contributed by atoms with E-state index >= 15 is 0 Å². The molecule has 10 heteroatoms. The molecule has 4 N–H and O–H groups in total. The van der Waals surface area contributed by atoms with Gasteiger partial charge >= 0.3 is 12.1 Å². The van der Waals surface area contributed by atoms with Gasteiger partial charge in [0.25, 0.3) is 0 Å². The van der Waals surface area contributed by atoms with Crippen molar-refractivity contribution < 1.29 is 28.2 Å². The summed E-state index contributed by atoms with van der Waals surface area (Å²) in [7, 11) is 0. The van der Waals surface area contributed by atoms with Crippen LogP contribution in [0.4, 0.5) is 19.0 Å². The quantitative estimate of drug-likeness (QED) is 0.234. The van der Waals surface area contributed by atoms with Crippen LogP contribution in [0.2, 0.25) is 0 Å². The van der Waals surface area contributed by atoms with Crippen LogP contribution in [0.5, 0.6) is 0 Å². The highest BCUT2D eigenvalue weighted by atomic mass is 19.4. The van der Waals surface area contributed by atoms with Gasteiger partial charge < -0.3 is 15.9 Å². The fraction of sp³-hybridized carbons (Fsp3) is 0.207. The van der Waals surface area contributed by atoms with E-state index in [2.05, 4.69) is 4.98 Å². The minimum atomic E-state index is -4.56. The fourth-order valence-electron chi connectivity index (χ4n) is 4.34. The van der Waals surface area contributed by atoms with E-state index in [1.807, 2.05) is 30.3 Å². The molecule has 4 aromatic rings. The number of aliphatic hydroxyl groups excluding tert-OH is 1. The topological polar surface area (TPSA) is 114 Å². The highest BCUT2D eigenvalue weighted by Gasteiger charge is 2.31. The Kier molecular flexibility index (Phi) is 8.15. The van der Waals surface area contributed by atoms with Crippen LogP contribution in [0.25, 0.3) is 40.1 Å². The number of benzene rings is 2. The lowest BCUT2D eigenvalue weighted by molar-refractivity contribution is -0.138. The second-order valence-electron chi connectivity index (χ2n) is 9.26. The maximum absolute atomic E-state index is 13.7. The van der Waals surface area contributed by atoms with Crippen LogP contribution in [0.15, 0.2) is 79.0 Å². The number of carboxylic acid groups (broad SMARTS) is 1. The summed E-state index contributed by atoms with van der Waals surface area (Å²) in [5, 5.41) is 19.7. The minimum Gasteiger partial charge on any atom is -0.481 e. The van der Waals surface area contributed by atoms with E-state index in [4.69, 9.17) is 15.8 Å². The van der Waals surface area contributed by atoms with Gasteiger partial charge in [0.1, 0.15) is 11.6 Å². The lowest BCUT2D eigenvalue weighted by Crippen LogP contribution is -2.12. The first-order chi connectivity index (χ1) is 18.5. The van der Waals surface area contributed by atoms with Crippen molar-refractivity contribution in [2.24, 2.45) is 5.92 Å². The SMILES string of the molecule is C[C@@H](CC(=O)O)C[C@H](O)/C=C/n1c(-c2ccccc2)nc(-c2ccnc(N)c2)c1-c1cccc(C(F)(F)F)c1. The number of carboxylic acids is 1. The van der Waals surface area contributed by atoms with Gasteiger partial charge in [-0.15, -0.1) is 0 Å². The summed E-state index contributed by atoms with van der Waals surface area (Å²) in [4.78, 5) is 19.9. The first kappa shape index (κ1) is 27.6. The molecule has 39 heavy (non-hydrogen) atoms. The number of alkyl halides is 3. The Balaban J connectivity index is 1.93. The van der Waals surface area contributed by atoms with Gasteiger partial charge in [-0.3, -0.25) is 9.36 Å². The summed E-state index contributed by atoms with van der Waals surface area (Å²) < 4.78 is 42.6. The van der Waals surface area contributed by atoms with Gasteiger partial charge in [-0.25, -0.2) is 9.97 Å². The molecule has 0 amide bonds. The van der Waals surface area contributed by atoms with Gasteiger partial charge in [-0.05, 0) is 42.7 Å². The predicted octanol–water partition coefficient (Wildman–Crippen LogP) is 6.21. The molecule has 202 valence electrons. The van der Waals surface area contributed by atoms with Crippen molar-refractivity contribution in [1.82, 2.24) is 14.5 Å². The predicted molar refractivity (Wildman–Crippen MR) is 143 cm³/mol. The van der Waals surface area contributed by atoms with Gasteiger partial charge in [0.05, 0.1) is 23.1 Å². The van der Waals surface area contributed by atoms with Crippen molar-refractivity contribution in [2.75, 3.05) is 5.73 Å². The largest absolute Gasteiger partial charge is 0.481 e. The van der Waals surface area contributed by atoms with Gasteiger partial charge in [0.2, 0.25) is 0 Å². The number of pyridine rings is 1. The normalized spacial score (nSPS) is 13.5. The molecule has 0 aliphatic heterocycles. The summed E-state index contributed by atoms with van der Waals surface area (Å²) >= 11 is 0. The molecular weight excluding hydrogens is 509 g/mol. The maximum atomic E-state index is 13.7. The summed E-state index contributed by atoms with van der Waals surface area (Å²) in [6, 6.07) is 17.3. The Hall–Kier alpha value is -4.44. The third-order valence-electron chi connectivity index (χ3n) is 6.09. The van der Waals surface area contributed by atoms with Gasteiger partial charge in [-0.2, -0.15) is 13.2 Å². The number of halogens is 3. The lowest BCUT2D eigenvalue weighted by Gasteiger charge is -2.14. The number of nitrogens with two attached hydrogens (primary N) is 1. The molecule has 0 saturated carbocycles. The molecule has 2 aromatic heterocycles. The number of nitrogen functional groups attached to an aromatic ring is 1. The molecule has 2 heterocycles. The van der Waals surface area contributed by atoms with E-state index in [1.54, 1.807) is 35.9 Å². The lowest BCUT2D eigenvalue weighted by atomic mass is 10.00. The Morgan fingerprint density at radius 3 is 2.44 bits per heavy atom. The van der Waals surface area contributed by atoms with E-state index < -0.39 is 23.8 Å². The van der Waals surface area contributed by atoms with Crippen molar-refractivity contribution in [1.29, 1.82) is 0 Å². The molecule has 0 spiro atoms. The van der Waals surface area contributed by atoms with Crippen LogP contribution in [0, 0.1) is 5.92 Å².